The van der Waals surface area contributed by atoms with E-state index in [1.807, 2.05) is 25.2 Å². The van der Waals surface area contributed by atoms with Crippen LogP contribution in [0.25, 0.3) is 0 Å². The van der Waals surface area contributed by atoms with Gasteiger partial charge in [-0.1, -0.05) is 31.7 Å². The molecule has 0 amide bonds. The number of allylic oxidation sites excluding steroid dienone is 5. The molecule has 0 heterocycles. The Kier molecular flexibility index (Phi) is 2.64. The fourth-order valence-corrected chi connectivity index (χ4v) is 1.43. The molecule has 1 unspecified atom stereocenters. The topological polar surface area (TPSA) is 17.1 Å². The van der Waals surface area contributed by atoms with Gasteiger partial charge in [0.15, 0.2) is 5.78 Å². The van der Waals surface area contributed by atoms with Crippen molar-refractivity contribution in [2.24, 2.45) is 5.92 Å². The van der Waals surface area contributed by atoms with Crippen LogP contribution in [-0.2, 0) is 4.79 Å². The highest BCUT2D eigenvalue weighted by Gasteiger charge is 2.26. The smallest absolute Gasteiger partial charge is 0.163 e. The molecular weight excluding hydrogens is 148 g/mol. The average molecular weight is 162 g/mol. The van der Waals surface area contributed by atoms with Crippen LogP contribution in [0.4, 0.5) is 0 Å². The summed E-state index contributed by atoms with van der Waals surface area (Å²) in [6.45, 7) is 7.79. The van der Waals surface area contributed by atoms with Gasteiger partial charge in [0.05, 0.1) is 0 Å². The van der Waals surface area contributed by atoms with Gasteiger partial charge in [-0.25, -0.2) is 0 Å². The summed E-state index contributed by atoms with van der Waals surface area (Å²) in [4.78, 5) is 11.2. The zero-order valence-electron chi connectivity index (χ0n) is 7.63. The first kappa shape index (κ1) is 8.98. The van der Waals surface area contributed by atoms with Crippen molar-refractivity contribution in [3.05, 3.63) is 36.0 Å². The highest BCUT2D eigenvalue weighted by Crippen LogP contribution is 2.31. The first-order valence-electron chi connectivity index (χ1n) is 4.22. The van der Waals surface area contributed by atoms with E-state index in [1.165, 1.54) is 0 Å². The minimum absolute atomic E-state index is 0.193. The van der Waals surface area contributed by atoms with Crippen molar-refractivity contribution in [2.45, 2.75) is 20.3 Å². The number of rotatable bonds is 1. The van der Waals surface area contributed by atoms with Crippen molar-refractivity contribution >= 4 is 5.78 Å². The normalized spacial score (nSPS) is 27.8. The SMILES string of the molecule is C=C1C(=O)CC(C)/C1=C/C=C\C. The quantitative estimate of drug-likeness (QED) is 0.542. The third-order valence-electron chi connectivity index (χ3n) is 2.18. The fourth-order valence-electron chi connectivity index (χ4n) is 1.43. The third kappa shape index (κ3) is 1.55. The number of hydrogen-bond acceptors (Lipinski definition) is 1. The Labute approximate surface area is 73.5 Å². The molecule has 1 aliphatic rings. The zero-order chi connectivity index (χ0) is 9.14. The van der Waals surface area contributed by atoms with Gasteiger partial charge in [0.1, 0.15) is 0 Å². The maximum Gasteiger partial charge on any atom is 0.163 e. The molecule has 1 fully saturated rings. The highest BCUT2D eigenvalue weighted by atomic mass is 16.1. The second-order valence-electron chi connectivity index (χ2n) is 3.15. The number of hydrogen-bond donors (Lipinski definition) is 0. The molecule has 0 N–H and O–H groups in total. The van der Waals surface area contributed by atoms with Crippen LogP contribution in [0.15, 0.2) is 36.0 Å². The van der Waals surface area contributed by atoms with E-state index in [4.69, 9.17) is 0 Å². The van der Waals surface area contributed by atoms with Crippen molar-refractivity contribution in [1.29, 1.82) is 0 Å². The molecule has 12 heavy (non-hydrogen) atoms. The summed E-state index contributed by atoms with van der Waals surface area (Å²) in [7, 11) is 0. The van der Waals surface area contributed by atoms with E-state index in [1.54, 1.807) is 0 Å². The maximum absolute atomic E-state index is 11.2. The zero-order valence-corrected chi connectivity index (χ0v) is 7.63. The lowest BCUT2D eigenvalue weighted by Gasteiger charge is -2.00. The molecule has 0 bridgehead atoms. The molecule has 1 saturated carbocycles. The minimum atomic E-state index is 0.193. The Morgan fingerprint density at radius 3 is 2.67 bits per heavy atom. The molecule has 64 valence electrons. The minimum Gasteiger partial charge on any atom is -0.294 e. The van der Waals surface area contributed by atoms with Crippen LogP contribution in [0, 0.1) is 5.92 Å². The molecule has 0 aliphatic heterocycles. The van der Waals surface area contributed by atoms with Crippen LogP contribution >= 0.6 is 0 Å². The molecule has 0 aromatic heterocycles. The van der Waals surface area contributed by atoms with E-state index in [0.29, 0.717) is 17.9 Å². The van der Waals surface area contributed by atoms with Crippen LogP contribution in [0.2, 0.25) is 0 Å². The summed E-state index contributed by atoms with van der Waals surface area (Å²) in [5.41, 5.74) is 1.79. The lowest BCUT2D eigenvalue weighted by molar-refractivity contribution is -0.114. The Morgan fingerprint density at radius 1 is 1.58 bits per heavy atom. The van der Waals surface area contributed by atoms with Gasteiger partial charge in [-0.2, -0.15) is 0 Å². The monoisotopic (exact) mass is 162 g/mol. The summed E-state index contributed by atoms with van der Waals surface area (Å²) in [6, 6.07) is 0. The van der Waals surface area contributed by atoms with E-state index < -0.39 is 0 Å². The van der Waals surface area contributed by atoms with Crippen LogP contribution in [0.5, 0.6) is 0 Å². The first-order chi connectivity index (χ1) is 5.66. The Hall–Kier alpha value is -1.11. The van der Waals surface area contributed by atoms with Crippen LogP contribution < -0.4 is 0 Å². The lowest BCUT2D eigenvalue weighted by atomic mass is 10.0. The van der Waals surface area contributed by atoms with E-state index in [0.717, 1.165) is 5.57 Å². The molecule has 1 atom stereocenters. The molecule has 0 spiro atoms. The van der Waals surface area contributed by atoms with Crippen molar-refractivity contribution in [3.8, 4) is 0 Å². The van der Waals surface area contributed by atoms with Crippen molar-refractivity contribution < 1.29 is 4.79 Å². The van der Waals surface area contributed by atoms with Gasteiger partial charge in [0, 0.05) is 12.0 Å². The average Bonchev–Trinajstić information content (AvgIpc) is 2.25. The second-order valence-corrected chi connectivity index (χ2v) is 3.15. The maximum atomic E-state index is 11.2. The largest absolute Gasteiger partial charge is 0.294 e. The van der Waals surface area contributed by atoms with Crippen LogP contribution in [0.3, 0.4) is 0 Å². The molecule has 1 heteroatoms. The highest BCUT2D eigenvalue weighted by molar-refractivity contribution is 6.02. The molecule has 0 aromatic rings. The molecular formula is C11H14O. The summed E-state index contributed by atoms with van der Waals surface area (Å²) in [5.74, 6) is 0.541. The summed E-state index contributed by atoms with van der Waals surface area (Å²) >= 11 is 0. The fraction of sp³-hybridized carbons (Fsp3) is 0.364. The van der Waals surface area contributed by atoms with Gasteiger partial charge in [0.2, 0.25) is 0 Å². The van der Waals surface area contributed by atoms with Gasteiger partial charge in [-0.05, 0) is 18.4 Å². The molecule has 1 nitrogen and oxygen atoms in total. The Bertz CT molecular complexity index is 269. The standard InChI is InChI=1S/C11H14O/c1-4-5-6-10-8(2)7-11(12)9(10)3/h4-6,8H,3,7H2,1-2H3/b5-4-,10-6-. The van der Waals surface area contributed by atoms with E-state index in [9.17, 15) is 4.79 Å². The van der Waals surface area contributed by atoms with Gasteiger partial charge in [0.25, 0.3) is 0 Å². The van der Waals surface area contributed by atoms with Gasteiger partial charge >= 0.3 is 0 Å². The van der Waals surface area contributed by atoms with E-state index in [-0.39, 0.29) is 5.78 Å². The molecule has 1 rings (SSSR count). The summed E-state index contributed by atoms with van der Waals surface area (Å²) in [6.07, 6.45) is 6.52. The van der Waals surface area contributed by atoms with Crippen molar-refractivity contribution in [1.82, 2.24) is 0 Å². The predicted octanol–water partition coefficient (Wildman–Crippen LogP) is 2.65. The van der Waals surface area contributed by atoms with Crippen molar-refractivity contribution in [3.63, 3.8) is 0 Å². The summed E-state index contributed by atoms with van der Waals surface area (Å²) in [5, 5.41) is 0. The van der Waals surface area contributed by atoms with Gasteiger partial charge < -0.3 is 0 Å². The molecule has 1 aliphatic carbocycles. The second kappa shape index (κ2) is 3.53. The van der Waals surface area contributed by atoms with Crippen molar-refractivity contribution in [2.75, 3.05) is 0 Å². The number of carbonyl (C=O) groups is 1. The predicted molar refractivity (Wildman–Crippen MR) is 50.8 cm³/mol. The van der Waals surface area contributed by atoms with Gasteiger partial charge in [-0.15, -0.1) is 0 Å². The Balaban J connectivity index is 2.90. The molecule has 0 radical (unpaired) electrons. The first-order valence-corrected chi connectivity index (χ1v) is 4.22. The lowest BCUT2D eigenvalue weighted by Crippen LogP contribution is -1.89. The number of carbonyl (C=O) groups excluding carboxylic acids is 1. The molecule has 0 aromatic carbocycles. The van der Waals surface area contributed by atoms with Crippen LogP contribution in [-0.4, -0.2) is 5.78 Å². The number of ketones is 1. The van der Waals surface area contributed by atoms with E-state index >= 15 is 0 Å². The number of Topliss-reactive ketones (excluding diaryl/α,β-unsaturated/α-hetero) is 1. The van der Waals surface area contributed by atoms with Gasteiger partial charge in [-0.3, -0.25) is 4.79 Å². The van der Waals surface area contributed by atoms with Crippen LogP contribution in [0.1, 0.15) is 20.3 Å². The molecule has 0 saturated heterocycles. The van der Waals surface area contributed by atoms with E-state index in [2.05, 4.69) is 13.5 Å². The summed E-state index contributed by atoms with van der Waals surface area (Å²) < 4.78 is 0. The Morgan fingerprint density at radius 2 is 2.25 bits per heavy atom. The third-order valence-corrected chi connectivity index (χ3v) is 2.18.